The van der Waals surface area contributed by atoms with Crippen molar-refractivity contribution in [3.63, 3.8) is 0 Å². The summed E-state index contributed by atoms with van der Waals surface area (Å²) in [4.78, 5) is 29.3. The summed E-state index contributed by atoms with van der Waals surface area (Å²) in [6.07, 6.45) is 1.84. The largest absolute Gasteiger partial charge is 0.337 e. The molecule has 0 radical (unpaired) electrons. The van der Waals surface area contributed by atoms with E-state index in [2.05, 4.69) is 15.4 Å². The van der Waals surface area contributed by atoms with Gasteiger partial charge < -0.3 is 15.2 Å². The highest BCUT2D eigenvalue weighted by Gasteiger charge is 2.19. The van der Waals surface area contributed by atoms with Gasteiger partial charge in [-0.15, -0.1) is 0 Å². The number of carbonyl (C=O) groups is 1. The molecule has 0 aliphatic carbocycles. The Balaban J connectivity index is 1.58. The molecule has 26 heavy (non-hydrogen) atoms. The van der Waals surface area contributed by atoms with E-state index in [0.717, 1.165) is 36.4 Å². The van der Waals surface area contributed by atoms with Crippen LogP contribution in [0.15, 0.2) is 29.2 Å². The number of H-pyrrole nitrogens is 1. The zero-order valence-corrected chi connectivity index (χ0v) is 15.0. The van der Waals surface area contributed by atoms with Gasteiger partial charge in [0.2, 0.25) is 0 Å². The topological polar surface area (TPSA) is 88.0 Å². The van der Waals surface area contributed by atoms with Crippen molar-refractivity contribution in [2.24, 2.45) is 0 Å². The normalized spacial score (nSPS) is 13.8. The molecule has 136 valence electrons. The zero-order chi connectivity index (χ0) is 18.3. The fourth-order valence-electron chi connectivity index (χ4n) is 3.53. The average Bonchev–Trinajstić information content (AvgIpc) is 3.20. The highest BCUT2D eigenvalue weighted by Crippen LogP contribution is 2.17. The first-order valence-electron chi connectivity index (χ1n) is 8.80. The van der Waals surface area contributed by atoms with E-state index in [-0.39, 0.29) is 11.6 Å². The highest BCUT2D eigenvalue weighted by atomic mass is 16.2. The van der Waals surface area contributed by atoms with Crippen molar-refractivity contribution < 1.29 is 4.79 Å². The predicted molar refractivity (Wildman–Crippen MR) is 98.0 cm³/mol. The minimum atomic E-state index is -0.153. The summed E-state index contributed by atoms with van der Waals surface area (Å²) >= 11 is 0. The van der Waals surface area contributed by atoms with Crippen LogP contribution in [0.1, 0.15) is 28.5 Å². The third-order valence-electron chi connectivity index (χ3n) is 4.92. The number of aryl methyl sites for hydroxylation is 1. The summed E-state index contributed by atoms with van der Waals surface area (Å²) in [5.74, 6) is -0.0827. The number of amides is 1. The van der Waals surface area contributed by atoms with Gasteiger partial charge in [-0.05, 0) is 25.1 Å². The molecule has 0 saturated carbocycles. The number of nitrogens with zero attached hydrogens (tertiary/aromatic N) is 4. The van der Waals surface area contributed by atoms with Crippen molar-refractivity contribution in [1.29, 1.82) is 0 Å². The van der Waals surface area contributed by atoms with Crippen molar-refractivity contribution in [2.45, 2.75) is 33.1 Å². The second-order valence-electron chi connectivity index (χ2n) is 6.58. The number of nitrogens with one attached hydrogen (secondary N) is 2. The van der Waals surface area contributed by atoms with Crippen LogP contribution >= 0.6 is 0 Å². The van der Waals surface area contributed by atoms with Gasteiger partial charge in [0.15, 0.2) is 0 Å². The van der Waals surface area contributed by atoms with Gasteiger partial charge in [0, 0.05) is 44.4 Å². The molecule has 0 spiro atoms. The predicted octanol–water partition coefficient (Wildman–Crippen LogP) is 0.921. The minimum Gasteiger partial charge on any atom is -0.337 e. The fraction of sp³-hybridized carbons (Fsp3) is 0.389. The van der Waals surface area contributed by atoms with Gasteiger partial charge in [-0.3, -0.25) is 14.0 Å². The number of aromatic nitrogens is 4. The number of hydrogen-bond donors (Lipinski definition) is 2. The van der Waals surface area contributed by atoms with Crippen molar-refractivity contribution >= 4 is 16.9 Å². The molecule has 0 fully saturated rings. The molecule has 1 aliphatic heterocycles. The Morgan fingerprint density at radius 2 is 2.23 bits per heavy atom. The van der Waals surface area contributed by atoms with Crippen LogP contribution in [-0.4, -0.2) is 43.7 Å². The van der Waals surface area contributed by atoms with Crippen molar-refractivity contribution in [3.05, 3.63) is 51.7 Å². The molecule has 1 amide bonds. The Kier molecular flexibility index (Phi) is 4.12. The fourth-order valence-corrected chi connectivity index (χ4v) is 3.53. The molecule has 3 aromatic rings. The lowest BCUT2D eigenvalue weighted by molar-refractivity contribution is 0.0785. The van der Waals surface area contributed by atoms with E-state index in [1.165, 1.54) is 0 Å². The van der Waals surface area contributed by atoms with Crippen LogP contribution in [0.5, 0.6) is 0 Å². The summed E-state index contributed by atoms with van der Waals surface area (Å²) in [6, 6.07) is 5.34. The van der Waals surface area contributed by atoms with Gasteiger partial charge in [0.25, 0.3) is 5.91 Å². The third kappa shape index (κ3) is 2.72. The number of hydrogen-bond acceptors (Lipinski definition) is 4. The molecule has 8 heteroatoms. The van der Waals surface area contributed by atoms with E-state index >= 15 is 0 Å². The smallest absolute Gasteiger partial charge is 0.326 e. The second kappa shape index (κ2) is 6.45. The Hall–Kier alpha value is -2.87. The quantitative estimate of drug-likeness (QED) is 0.729. The van der Waals surface area contributed by atoms with Crippen LogP contribution in [0.4, 0.5) is 0 Å². The van der Waals surface area contributed by atoms with Crippen molar-refractivity contribution in [1.82, 2.24) is 29.5 Å². The highest BCUT2D eigenvalue weighted by molar-refractivity contribution is 5.97. The first-order valence-corrected chi connectivity index (χ1v) is 8.80. The molecule has 4 rings (SSSR count). The van der Waals surface area contributed by atoms with Crippen LogP contribution in [0.2, 0.25) is 0 Å². The van der Waals surface area contributed by atoms with Crippen LogP contribution in [0.25, 0.3) is 11.0 Å². The molecule has 0 atom stereocenters. The van der Waals surface area contributed by atoms with Gasteiger partial charge in [-0.2, -0.15) is 5.10 Å². The summed E-state index contributed by atoms with van der Waals surface area (Å²) in [6.45, 7) is 5.55. The van der Waals surface area contributed by atoms with E-state index < -0.39 is 0 Å². The molecule has 0 unspecified atom stereocenters. The lowest BCUT2D eigenvalue weighted by Gasteiger charge is -2.20. The molecule has 1 aromatic carbocycles. The average molecular weight is 354 g/mol. The van der Waals surface area contributed by atoms with Crippen LogP contribution in [0, 0.1) is 0 Å². The Bertz CT molecular complexity index is 1030. The first kappa shape index (κ1) is 16.6. The standard InChI is InChI=1S/C18H22N6O2/c1-3-23-15-5-4-12(8-14(15)21-18(23)26)17(25)22(2)11-13-9-20-24-7-6-19-10-16(13)24/h4-5,8-9,19H,3,6-7,10-11H2,1-2H3,(H,21,26). The van der Waals surface area contributed by atoms with E-state index in [1.54, 1.807) is 28.6 Å². The van der Waals surface area contributed by atoms with Gasteiger partial charge >= 0.3 is 5.69 Å². The summed E-state index contributed by atoms with van der Waals surface area (Å²) < 4.78 is 3.65. The number of imidazole rings is 1. The number of benzene rings is 1. The summed E-state index contributed by atoms with van der Waals surface area (Å²) in [5.41, 5.74) is 4.09. The molecular formula is C18H22N6O2. The molecule has 2 aromatic heterocycles. The molecular weight excluding hydrogens is 332 g/mol. The SMILES string of the molecule is CCn1c(=O)[nH]c2cc(C(=O)N(C)Cc3cnn4c3CNCC4)ccc21. The van der Waals surface area contributed by atoms with Crippen LogP contribution in [-0.2, 0) is 26.2 Å². The van der Waals surface area contributed by atoms with Crippen LogP contribution in [0.3, 0.4) is 0 Å². The van der Waals surface area contributed by atoms with Gasteiger partial charge in [0.1, 0.15) is 0 Å². The third-order valence-corrected chi connectivity index (χ3v) is 4.92. The zero-order valence-electron chi connectivity index (χ0n) is 15.0. The molecule has 3 heterocycles. The monoisotopic (exact) mass is 354 g/mol. The number of carbonyl (C=O) groups excluding carboxylic acids is 1. The Labute approximate surface area is 150 Å². The second-order valence-corrected chi connectivity index (χ2v) is 6.58. The van der Waals surface area contributed by atoms with Gasteiger partial charge in [0.05, 0.1) is 29.5 Å². The lowest BCUT2D eigenvalue weighted by atomic mass is 10.1. The summed E-state index contributed by atoms with van der Waals surface area (Å²) in [5, 5.41) is 7.74. The molecule has 0 bridgehead atoms. The van der Waals surface area contributed by atoms with Crippen LogP contribution < -0.4 is 11.0 Å². The van der Waals surface area contributed by atoms with Crippen molar-refractivity contribution in [3.8, 4) is 0 Å². The van der Waals surface area contributed by atoms with Gasteiger partial charge in [-0.25, -0.2) is 4.79 Å². The minimum absolute atomic E-state index is 0.0827. The maximum atomic E-state index is 12.8. The van der Waals surface area contributed by atoms with E-state index in [9.17, 15) is 9.59 Å². The Morgan fingerprint density at radius 3 is 3.04 bits per heavy atom. The molecule has 0 saturated heterocycles. The van der Waals surface area contributed by atoms with Crippen molar-refractivity contribution in [2.75, 3.05) is 13.6 Å². The summed E-state index contributed by atoms with van der Waals surface area (Å²) in [7, 11) is 1.78. The number of rotatable bonds is 4. The lowest BCUT2D eigenvalue weighted by Crippen LogP contribution is -2.31. The van der Waals surface area contributed by atoms with E-state index in [4.69, 9.17) is 0 Å². The Morgan fingerprint density at radius 1 is 1.38 bits per heavy atom. The molecule has 1 aliphatic rings. The maximum Gasteiger partial charge on any atom is 0.326 e. The first-order chi connectivity index (χ1) is 12.6. The molecule has 8 nitrogen and oxygen atoms in total. The van der Waals surface area contributed by atoms with E-state index in [1.807, 2.05) is 23.9 Å². The number of fused-ring (bicyclic) bond motifs is 2. The van der Waals surface area contributed by atoms with Gasteiger partial charge in [-0.1, -0.05) is 0 Å². The van der Waals surface area contributed by atoms with E-state index in [0.29, 0.717) is 24.2 Å². The number of aromatic amines is 1. The molecule has 2 N–H and O–H groups in total. The maximum absolute atomic E-state index is 12.8.